The van der Waals surface area contributed by atoms with Gasteiger partial charge in [-0.25, -0.2) is 13.2 Å². The van der Waals surface area contributed by atoms with Gasteiger partial charge in [-0.1, -0.05) is 0 Å². The Hall–Kier alpha value is -1.41. The number of carbonyl (C=O) groups is 2. The molecule has 1 rings (SSSR count). The fraction of sp³-hybridized carbons (Fsp3) is 0.273. The zero-order valence-electron chi connectivity index (χ0n) is 10.0. The van der Waals surface area contributed by atoms with Crippen molar-refractivity contribution in [1.29, 1.82) is 0 Å². The van der Waals surface area contributed by atoms with Crippen LogP contribution in [-0.2, 0) is 14.6 Å². The van der Waals surface area contributed by atoms with Crippen molar-refractivity contribution >= 4 is 43.3 Å². The molecule has 0 spiro atoms. The van der Waals surface area contributed by atoms with Gasteiger partial charge < -0.3 is 10.4 Å². The summed E-state index contributed by atoms with van der Waals surface area (Å²) < 4.78 is 22.4. The van der Waals surface area contributed by atoms with E-state index in [9.17, 15) is 18.0 Å². The molecule has 104 valence electrons. The highest BCUT2D eigenvalue weighted by molar-refractivity contribution is 9.10. The van der Waals surface area contributed by atoms with Gasteiger partial charge in [0.15, 0.2) is 0 Å². The van der Waals surface area contributed by atoms with Crippen molar-refractivity contribution in [2.75, 3.05) is 17.3 Å². The molecule has 8 heteroatoms. The average molecular weight is 350 g/mol. The summed E-state index contributed by atoms with van der Waals surface area (Å²) in [6.45, 7) is 0. The minimum Gasteiger partial charge on any atom is -0.478 e. The lowest BCUT2D eigenvalue weighted by molar-refractivity contribution is -0.115. The normalized spacial score (nSPS) is 11.1. The Morgan fingerprint density at radius 3 is 2.53 bits per heavy atom. The molecule has 2 N–H and O–H groups in total. The molecule has 0 aliphatic heterocycles. The molecule has 0 unspecified atom stereocenters. The number of sulfone groups is 1. The van der Waals surface area contributed by atoms with E-state index in [1.807, 2.05) is 0 Å². The SMILES string of the molecule is CS(=O)(=O)CCC(=O)Nc1cc(C(=O)O)ccc1Br. The molecule has 0 saturated heterocycles. The van der Waals surface area contributed by atoms with Crippen LogP contribution < -0.4 is 5.32 Å². The van der Waals surface area contributed by atoms with E-state index in [-0.39, 0.29) is 17.7 Å². The zero-order valence-corrected chi connectivity index (χ0v) is 12.4. The second kappa shape index (κ2) is 6.16. The predicted molar refractivity (Wildman–Crippen MR) is 74.1 cm³/mol. The Morgan fingerprint density at radius 2 is 2.00 bits per heavy atom. The van der Waals surface area contributed by atoms with Crippen LogP contribution in [0.2, 0.25) is 0 Å². The van der Waals surface area contributed by atoms with Crippen molar-refractivity contribution in [3.05, 3.63) is 28.2 Å². The molecular weight excluding hydrogens is 338 g/mol. The van der Waals surface area contributed by atoms with Crippen molar-refractivity contribution in [2.24, 2.45) is 0 Å². The maximum Gasteiger partial charge on any atom is 0.335 e. The van der Waals surface area contributed by atoms with Crippen LogP contribution in [0, 0.1) is 0 Å². The first-order chi connectivity index (χ1) is 8.69. The Labute approximate surface area is 118 Å². The highest BCUT2D eigenvalue weighted by atomic mass is 79.9. The predicted octanol–water partition coefficient (Wildman–Crippen LogP) is 1.52. The van der Waals surface area contributed by atoms with E-state index >= 15 is 0 Å². The topological polar surface area (TPSA) is 101 Å². The Morgan fingerprint density at radius 1 is 1.37 bits per heavy atom. The van der Waals surface area contributed by atoms with Gasteiger partial charge in [-0.3, -0.25) is 4.79 Å². The summed E-state index contributed by atoms with van der Waals surface area (Å²) in [4.78, 5) is 22.3. The van der Waals surface area contributed by atoms with Crippen molar-refractivity contribution in [2.45, 2.75) is 6.42 Å². The molecule has 0 fully saturated rings. The fourth-order valence-electron chi connectivity index (χ4n) is 1.24. The summed E-state index contributed by atoms with van der Waals surface area (Å²) in [6, 6.07) is 4.18. The second-order valence-electron chi connectivity index (χ2n) is 3.93. The third-order valence-electron chi connectivity index (χ3n) is 2.19. The number of carboxylic acid groups (broad SMARTS) is 1. The number of benzene rings is 1. The van der Waals surface area contributed by atoms with Crippen LogP contribution in [0.1, 0.15) is 16.8 Å². The van der Waals surface area contributed by atoms with Crippen LogP contribution in [0.3, 0.4) is 0 Å². The number of carboxylic acids is 1. The van der Waals surface area contributed by atoms with Gasteiger partial charge in [-0.15, -0.1) is 0 Å². The first kappa shape index (κ1) is 15.6. The summed E-state index contributed by atoms with van der Waals surface area (Å²) in [7, 11) is -3.21. The van der Waals surface area contributed by atoms with Gasteiger partial charge >= 0.3 is 5.97 Å². The molecular formula is C11H12BrNO5S. The Kier molecular flexibility index (Phi) is 5.07. The molecule has 0 bridgehead atoms. The molecule has 0 saturated carbocycles. The molecule has 0 atom stereocenters. The lowest BCUT2D eigenvalue weighted by Crippen LogP contribution is -2.17. The molecule has 19 heavy (non-hydrogen) atoms. The number of anilines is 1. The largest absolute Gasteiger partial charge is 0.478 e. The highest BCUT2D eigenvalue weighted by Gasteiger charge is 2.12. The number of amides is 1. The fourth-order valence-corrected chi connectivity index (χ4v) is 2.15. The van der Waals surface area contributed by atoms with E-state index < -0.39 is 21.7 Å². The maximum absolute atomic E-state index is 11.5. The van der Waals surface area contributed by atoms with Gasteiger partial charge in [0.2, 0.25) is 5.91 Å². The average Bonchev–Trinajstić information content (AvgIpc) is 2.28. The summed E-state index contributed by atoms with van der Waals surface area (Å²) >= 11 is 3.17. The number of aromatic carboxylic acids is 1. The molecule has 6 nitrogen and oxygen atoms in total. The van der Waals surface area contributed by atoms with Crippen LogP contribution in [-0.4, -0.2) is 37.4 Å². The summed E-state index contributed by atoms with van der Waals surface area (Å²) in [5, 5.41) is 11.3. The first-order valence-corrected chi connectivity index (χ1v) is 8.05. The molecule has 0 aliphatic carbocycles. The monoisotopic (exact) mass is 349 g/mol. The van der Waals surface area contributed by atoms with Gasteiger partial charge in [0.25, 0.3) is 0 Å². The van der Waals surface area contributed by atoms with Crippen LogP contribution in [0.4, 0.5) is 5.69 Å². The Balaban J connectivity index is 2.79. The molecule has 0 radical (unpaired) electrons. The number of rotatable bonds is 5. The zero-order chi connectivity index (χ0) is 14.6. The van der Waals surface area contributed by atoms with Crippen LogP contribution >= 0.6 is 15.9 Å². The van der Waals surface area contributed by atoms with Crippen LogP contribution in [0.25, 0.3) is 0 Å². The number of hydrogen-bond donors (Lipinski definition) is 2. The number of nitrogens with one attached hydrogen (secondary N) is 1. The first-order valence-electron chi connectivity index (χ1n) is 5.19. The summed E-state index contributed by atoms with van der Waals surface area (Å²) in [5.41, 5.74) is 0.319. The highest BCUT2D eigenvalue weighted by Crippen LogP contribution is 2.23. The number of hydrogen-bond acceptors (Lipinski definition) is 4. The summed E-state index contributed by atoms with van der Waals surface area (Å²) in [6.07, 6.45) is 0.865. The third-order valence-corrected chi connectivity index (χ3v) is 3.82. The van der Waals surface area contributed by atoms with Crippen LogP contribution in [0.5, 0.6) is 0 Å². The van der Waals surface area contributed by atoms with E-state index in [0.29, 0.717) is 10.2 Å². The summed E-state index contributed by atoms with van der Waals surface area (Å²) in [5.74, 6) is -1.86. The standard InChI is InChI=1S/C11H12BrNO5S/c1-19(17,18)5-4-10(14)13-9-6-7(11(15)16)2-3-8(9)12/h2-3,6H,4-5H2,1H3,(H,13,14)(H,15,16). The second-order valence-corrected chi connectivity index (χ2v) is 7.04. The van der Waals surface area contributed by atoms with E-state index in [1.165, 1.54) is 18.2 Å². The minimum atomic E-state index is -3.21. The number of carbonyl (C=O) groups excluding carboxylic acids is 1. The van der Waals surface area contributed by atoms with E-state index in [2.05, 4.69) is 21.2 Å². The van der Waals surface area contributed by atoms with Crippen molar-refractivity contribution in [3.8, 4) is 0 Å². The minimum absolute atomic E-state index is 0.0293. The molecule has 0 heterocycles. The van der Waals surface area contributed by atoms with E-state index in [0.717, 1.165) is 6.26 Å². The molecule has 1 aromatic rings. The van der Waals surface area contributed by atoms with E-state index in [4.69, 9.17) is 5.11 Å². The van der Waals surface area contributed by atoms with Gasteiger partial charge in [0.1, 0.15) is 9.84 Å². The molecule has 0 aromatic heterocycles. The molecule has 1 amide bonds. The molecule has 1 aromatic carbocycles. The lowest BCUT2D eigenvalue weighted by atomic mass is 10.2. The maximum atomic E-state index is 11.5. The van der Waals surface area contributed by atoms with Gasteiger partial charge in [-0.2, -0.15) is 0 Å². The van der Waals surface area contributed by atoms with Crippen LogP contribution in [0.15, 0.2) is 22.7 Å². The van der Waals surface area contributed by atoms with Gasteiger partial charge in [-0.05, 0) is 34.1 Å². The van der Waals surface area contributed by atoms with Crippen molar-refractivity contribution in [1.82, 2.24) is 0 Å². The lowest BCUT2D eigenvalue weighted by Gasteiger charge is -2.08. The van der Waals surface area contributed by atoms with Gasteiger partial charge in [0.05, 0.1) is 17.0 Å². The number of halogens is 1. The smallest absolute Gasteiger partial charge is 0.335 e. The molecule has 0 aliphatic rings. The van der Waals surface area contributed by atoms with Crippen molar-refractivity contribution in [3.63, 3.8) is 0 Å². The quantitative estimate of drug-likeness (QED) is 0.839. The third kappa shape index (κ3) is 5.39. The Bertz CT molecular complexity index is 612. The van der Waals surface area contributed by atoms with E-state index in [1.54, 1.807) is 0 Å². The van der Waals surface area contributed by atoms with Crippen molar-refractivity contribution < 1.29 is 23.1 Å². The van der Waals surface area contributed by atoms with Gasteiger partial charge in [0, 0.05) is 17.1 Å².